The van der Waals surface area contributed by atoms with Crippen molar-refractivity contribution < 1.29 is 120 Å². The number of nitrogens with one attached hydrogen (secondary N) is 4. The van der Waals surface area contributed by atoms with Crippen LogP contribution < -0.4 is 27.0 Å². The van der Waals surface area contributed by atoms with Gasteiger partial charge in [-0.15, -0.1) is 0 Å². The summed E-state index contributed by atoms with van der Waals surface area (Å²) >= 11 is 0. The molecule has 5 heterocycles. The number of ether oxygens (including phenoxy) is 1. The first-order valence-corrected chi connectivity index (χ1v) is 44.3. The lowest BCUT2D eigenvalue weighted by Gasteiger charge is -2.38. The van der Waals surface area contributed by atoms with Crippen molar-refractivity contribution in [1.82, 2.24) is 50.5 Å². The fourth-order valence-electron chi connectivity index (χ4n) is 14.7. The number of aliphatic imine (C=N–C) groups is 1. The molecule has 4 aromatic rings. The number of nitrogens with two attached hydrogens (primary N) is 1. The van der Waals surface area contributed by atoms with Crippen LogP contribution in [0.3, 0.4) is 0 Å². The van der Waals surface area contributed by atoms with Gasteiger partial charge in [0, 0.05) is 87.6 Å². The van der Waals surface area contributed by atoms with Crippen molar-refractivity contribution in [3.05, 3.63) is 111 Å². The number of nitrogen functional groups attached to an aromatic ring is 1. The second-order valence-corrected chi connectivity index (χ2v) is 35.4. The molecule has 624 valence electrons. The van der Waals surface area contributed by atoms with Crippen LogP contribution in [0.2, 0.25) is 0 Å². The van der Waals surface area contributed by atoms with Crippen molar-refractivity contribution in [2.24, 2.45) is 10.9 Å². The molecule has 0 radical (unpaired) electrons. The van der Waals surface area contributed by atoms with E-state index in [0.717, 1.165) is 42.4 Å². The molecule has 14 N–H and O–H groups in total. The van der Waals surface area contributed by atoms with Gasteiger partial charge in [-0.05, 0) is 124 Å². The standard InChI is InChI=1S/C73H95N12O25P3S2/c1-6-15-43-32-45-33-46-34-52(75-7-2)42(4)31-50(46)65(49(45)30-41(43)3)47-17-8-9-18-48(47)71(96)82(5)25-13-22-60(88)83-26-12-21-56(83)72(97)84-27-11-20-55(84)70(95)79-51(68(93)80-53(35-62(89)90)69(94)81-54(73(98)99)36-63(91)92)19-14-28-114-115-29-23-59(87)76-24-10-16-44-38-85(67-64(44)66(74)77-40-78-67)61-37-57(86)58(108-61)39-107-112(103,104)110-113(105,106)109-111(100,101)102/h8-9,17-18,30-32,34,38,40,50-51,53-58,61,65,86H,6-7,11-15,19-29,33,35-37,39H2,1-5H3,(H,76,87)(H,79,95)(H,80,93)(H,81,94)(H,89,90)(H,91,92)(H,98,99)(H,103,104)(H,105,106)(H2,74,77,78)(H2,100,101,102)/t50?,51?,53?,54?,55?,56?,57?,58-,61-,65?/m1/s1. The Hall–Kier alpha value is -8.70. The third kappa shape index (κ3) is 24.2. The molecule has 0 spiro atoms. The third-order valence-corrected chi connectivity index (χ3v) is 26.3. The zero-order valence-corrected chi connectivity index (χ0v) is 68.0. The minimum atomic E-state index is -5.82. The summed E-state index contributed by atoms with van der Waals surface area (Å²) in [6.45, 7) is 8.56. The molecule has 2 aliphatic carbocycles. The Bertz CT molecular complexity index is 4680. The van der Waals surface area contributed by atoms with Gasteiger partial charge in [-0.25, -0.2) is 28.5 Å². The number of carbonyl (C=O) groups excluding carboxylic acids is 7. The zero-order chi connectivity index (χ0) is 83.8. The molecule has 37 nitrogen and oxygen atoms in total. The van der Waals surface area contributed by atoms with Crippen molar-refractivity contribution >= 4 is 127 Å². The van der Waals surface area contributed by atoms with Crippen LogP contribution in [0.15, 0.2) is 77.2 Å². The van der Waals surface area contributed by atoms with E-state index in [0.29, 0.717) is 37.1 Å². The third-order valence-electron chi connectivity index (χ3n) is 20.0. The molecule has 2 aromatic carbocycles. The number of hydrogen-bond acceptors (Lipinski definition) is 24. The summed E-state index contributed by atoms with van der Waals surface area (Å²) in [4.78, 5) is 189. The number of phosphoric ester groups is 1. The van der Waals surface area contributed by atoms with E-state index in [1.54, 1.807) is 11.9 Å². The quantitative estimate of drug-likeness (QED) is 0.0122. The number of hydrogen-bond donors (Lipinski definition) is 13. The molecule has 12 atom stereocenters. The number of aryl methyl sites for hydroxylation is 2. The number of amides is 7. The van der Waals surface area contributed by atoms with E-state index < -0.39 is 139 Å². The maximum Gasteiger partial charge on any atom is 0.490 e. The number of aliphatic hydroxyl groups is 1. The monoisotopic (exact) mass is 1700 g/mol. The van der Waals surface area contributed by atoms with Crippen LogP contribution in [0.4, 0.5) is 5.82 Å². The average Bonchev–Trinajstić information content (AvgIpc) is 1.45. The molecule has 2 aromatic heterocycles. The number of benzene rings is 2. The number of carboxylic acids is 3. The molecule has 0 saturated carbocycles. The molecule has 3 fully saturated rings. The van der Waals surface area contributed by atoms with E-state index in [1.165, 1.54) is 70.0 Å². The zero-order valence-electron chi connectivity index (χ0n) is 63.7. The smallest absolute Gasteiger partial charge is 0.481 e. The molecule has 3 saturated heterocycles. The molecule has 10 unspecified atom stereocenters. The Morgan fingerprint density at radius 2 is 1.51 bits per heavy atom. The van der Waals surface area contributed by atoms with Crippen LogP contribution in [-0.4, -0.2) is 235 Å². The second kappa shape index (κ2) is 40.4. The van der Waals surface area contributed by atoms with Crippen LogP contribution in [0, 0.1) is 24.7 Å². The Morgan fingerprint density at radius 3 is 2.22 bits per heavy atom. The first-order valence-electron chi connectivity index (χ1n) is 37.3. The van der Waals surface area contributed by atoms with Gasteiger partial charge in [-0.3, -0.25) is 52.7 Å². The molecular weight excluding hydrogens is 1600 g/mol. The summed E-state index contributed by atoms with van der Waals surface area (Å²) < 4.78 is 54.4. The van der Waals surface area contributed by atoms with E-state index in [1.807, 2.05) is 36.5 Å². The van der Waals surface area contributed by atoms with Crippen molar-refractivity contribution in [3.63, 3.8) is 0 Å². The van der Waals surface area contributed by atoms with Gasteiger partial charge in [0.2, 0.25) is 35.4 Å². The Kier molecular flexibility index (Phi) is 31.7. The number of nitrogens with zero attached hydrogens (tertiary/aromatic N) is 7. The minimum Gasteiger partial charge on any atom is -0.481 e. The molecular formula is C73H95N12O25P3S2. The topological polar surface area (TPSA) is 548 Å². The van der Waals surface area contributed by atoms with E-state index in [9.17, 15) is 91.9 Å². The highest BCUT2D eigenvalue weighted by molar-refractivity contribution is 8.76. The highest BCUT2D eigenvalue weighted by Crippen LogP contribution is 2.66. The average molecular weight is 1700 g/mol. The van der Waals surface area contributed by atoms with Gasteiger partial charge in [0.15, 0.2) is 0 Å². The molecule has 5 aliphatic rings. The van der Waals surface area contributed by atoms with Gasteiger partial charge in [0.05, 0.1) is 48.8 Å². The number of aliphatic hydroxyl groups excluding tert-OH is 1. The van der Waals surface area contributed by atoms with Crippen molar-refractivity contribution in [1.29, 1.82) is 0 Å². The fraction of sp³-hybridized carbons (Fsp3) is 0.521. The lowest BCUT2D eigenvalue weighted by Crippen LogP contribution is -2.58. The summed E-state index contributed by atoms with van der Waals surface area (Å²) in [7, 11) is -12.8. The Labute approximate surface area is 669 Å². The molecule has 7 amide bonds. The lowest BCUT2D eigenvalue weighted by molar-refractivity contribution is -0.148. The highest BCUT2D eigenvalue weighted by atomic mass is 33.1. The number of fused-ring (bicyclic) bond motifs is 3. The molecule has 0 bridgehead atoms. The fourth-order valence-corrected chi connectivity index (χ4v) is 19.8. The normalized spacial score (nSPS) is 21.4. The first-order chi connectivity index (χ1) is 54.5. The van der Waals surface area contributed by atoms with Gasteiger partial charge >= 0.3 is 41.4 Å². The number of carboxylic acid groups (broad SMARTS) is 3. The number of phosphoric acid groups is 3. The molecule has 9 rings (SSSR count). The number of likely N-dealkylation sites (tertiary alicyclic amines) is 2. The van der Waals surface area contributed by atoms with Gasteiger partial charge < -0.3 is 91.0 Å². The molecule has 3 aliphatic heterocycles. The van der Waals surface area contributed by atoms with Crippen LogP contribution in [0.5, 0.6) is 0 Å². The minimum absolute atomic E-state index is 0.00178. The summed E-state index contributed by atoms with van der Waals surface area (Å²) in [5.74, 6) is -3.51. The van der Waals surface area contributed by atoms with Crippen LogP contribution >= 0.6 is 45.1 Å². The van der Waals surface area contributed by atoms with Gasteiger partial charge in [0.1, 0.15) is 60.3 Å². The van der Waals surface area contributed by atoms with E-state index in [2.05, 4.69) is 96.0 Å². The Morgan fingerprint density at radius 1 is 0.826 bits per heavy atom. The SMILES string of the molecule is CCCc1cc2c(cc1C)C(c1ccccc1C(=O)N(C)CCCC(=O)N1CCCC1C(=O)N1CCCC1C(=O)NC(CCCSSCCC(=O)NCC#Cc1cn([C@H]3CC(O)[C@@H](COP(=O)(O)OP(=O)(O)OP(=O)(O)O)O3)c3ncnc(N)c13)C(=O)NC(CC(=O)O)C(=O)NC(CC(=O)O)C(=O)O)C1C=C(C)C(=NCC)C=C1C2. The van der Waals surface area contributed by atoms with Crippen molar-refractivity contribution in [2.45, 2.75) is 179 Å². The van der Waals surface area contributed by atoms with E-state index in [4.69, 9.17) is 25.2 Å². The number of carbonyl (C=O) groups is 10. The molecule has 115 heavy (non-hydrogen) atoms. The van der Waals surface area contributed by atoms with Crippen LogP contribution in [0.25, 0.3) is 11.0 Å². The predicted molar refractivity (Wildman–Crippen MR) is 419 cm³/mol. The van der Waals surface area contributed by atoms with Gasteiger partial charge in [-0.2, -0.15) is 8.62 Å². The largest absolute Gasteiger partial charge is 0.490 e. The second-order valence-electron chi connectivity index (χ2n) is 28.2. The highest BCUT2D eigenvalue weighted by Gasteiger charge is 2.46. The summed E-state index contributed by atoms with van der Waals surface area (Å²) in [5, 5.41) is 49.3. The van der Waals surface area contributed by atoms with E-state index >= 15 is 0 Å². The van der Waals surface area contributed by atoms with Crippen LogP contribution in [0.1, 0.15) is 160 Å². The van der Waals surface area contributed by atoms with Gasteiger partial charge in [0.25, 0.3) is 5.91 Å². The van der Waals surface area contributed by atoms with Crippen LogP contribution in [-0.2, 0) is 87.6 Å². The molecule has 42 heteroatoms. The maximum atomic E-state index is 14.7. The predicted octanol–water partition coefficient (Wildman–Crippen LogP) is 4.96. The summed E-state index contributed by atoms with van der Waals surface area (Å²) in [6.07, 6.45) is 5.24. The Balaban J connectivity index is 0.789. The number of aliphatic carboxylic acids is 3. The maximum absolute atomic E-state index is 14.7. The van der Waals surface area contributed by atoms with Crippen molar-refractivity contribution in [3.8, 4) is 11.8 Å². The van der Waals surface area contributed by atoms with Gasteiger partial charge in [-0.1, -0.05) is 88.8 Å². The number of allylic oxidation sites excluding steroid dienone is 4. The number of rotatable bonds is 38. The summed E-state index contributed by atoms with van der Waals surface area (Å²) in [6, 6.07) is 4.77. The lowest BCUT2D eigenvalue weighted by atomic mass is 9.65. The first kappa shape index (κ1) is 90.2. The number of anilines is 1. The number of aromatic nitrogens is 3. The van der Waals surface area contributed by atoms with Crippen molar-refractivity contribution in [2.75, 3.05) is 63.6 Å². The summed E-state index contributed by atoms with van der Waals surface area (Å²) in [5.41, 5.74) is 16.3. The van der Waals surface area contributed by atoms with E-state index in [-0.39, 0.29) is 123 Å².